The summed E-state index contributed by atoms with van der Waals surface area (Å²) in [5, 5.41) is 11.7. The Kier molecular flexibility index (Phi) is 7.67. The third-order valence-corrected chi connectivity index (χ3v) is 7.80. The Morgan fingerprint density at radius 3 is 2.53 bits per heavy atom. The van der Waals surface area contributed by atoms with Crippen LogP contribution in [0.2, 0.25) is 0 Å². The van der Waals surface area contributed by atoms with Crippen LogP contribution < -0.4 is 4.74 Å². The fourth-order valence-corrected chi connectivity index (χ4v) is 5.79. The van der Waals surface area contributed by atoms with Gasteiger partial charge in [0.1, 0.15) is 12.4 Å². The standard InChI is InChI=1S/C30H36F3NO2/c1-28(23-12-7-14-25(18-23)36-21-22-10-5-4-6-11-22)16-9-15-26(27(28)20-34(2)3)29(35)17-8-13-24(19-29)30(31,32)33/h4-7,9-12,14-16,18,24,27,35H,8,13,17,19-21H2,1-3H3. The van der Waals surface area contributed by atoms with Crippen molar-refractivity contribution in [2.45, 2.75) is 56.4 Å². The van der Waals surface area contributed by atoms with E-state index in [0.717, 1.165) is 16.9 Å². The van der Waals surface area contributed by atoms with E-state index in [4.69, 9.17) is 4.74 Å². The fourth-order valence-electron chi connectivity index (χ4n) is 5.79. The zero-order chi connectivity index (χ0) is 26.0. The lowest BCUT2D eigenvalue weighted by Gasteiger charge is -2.48. The van der Waals surface area contributed by atoms with Crippen molar-refractivity contribution in [3.05, 3.63) is 89.5 Å². The molecular formula is C30H36F3NO2. The average molecular weight is 500 g/mol. The molecule has 2 aromatic rings. The minimum absolute atomic E-state index is 0.0747. The Balaban J connectivity index is 1.64. The molecule has 6 heteroatoms. The number of rotatable bonds is 7. The van der Waals surface area contributed by atoms with Crippen molar-refractivity contribution < 1.29 is 23.0 Å². The molecule has 194 valence electrons. The van der Waals surface area contributed by atoms with Crippen molar-refractivity contribution in [3.8, 4) is 5.75 Å². The molecule has 4 rings (SSSR count). The van der Waals surface area contributed by atoms with Crippen LogP contribution >= 0.6 is 0 Å². The van der Waals surface area contributed by atoms with E-state index in [0.29, 0.717) is 31.6 Å². The number of halogens is 3. The number of aliphatic hydroxyl groups is 1. The predicted octanol–water partition coefficient (Wildman–Crippen LogP) is 6.68. The van der Waals surface area contributed by atoms with Gasteiger partial charge in [-0.2, -0.15) is 13.2 Å². The summed E-state index contributed by atoms with van der Waals surface area (Å²) in [4.78, 5) is 2.04. The molecule has 2 aliphatic rings. The van der Waals surface area contributed by atoms with Gasteiger partial charge < -0.3 is 14.7 Å². The van der Waals surface area contributed by atoms with E-state index in [-0.39, 0.29) is 18.8 Å². The first-order valence-electron chi connectivity index (χ1n) is 12.6. The maximum absolute atomic E-state index is 13.6. The fraction of sp³-hybridized carbons (Fsp3) is 0.467. The molecule has 1 N–H and O–H groups in total. The molecule has 0 amide bonds. The smallest absolute Gasteiger partial charge is 0.391 e. The number of nitrogens with zero attached hydrogens (tertiary/aromatic N) is 1. The van der Waals surface area contributed by atoms with Crippen molar-refractivity contribution in [1.29, 1.82) is 0 Å². The Morgan fingerprint density at radius 1 is 1.08 bits per heavy atom. The second kappa shape index (κ2) is 10.4. The molecule has 0 saturated heterocycles. The van der Waals surface area contributed by atoms with Gasteiger partial charge in [-0.1, -0.05) is 67.6 Å². The van der Waals surface area contributed by atoms with E-state index < -0.39 is 23.1 Å². The highest BCUT2D eigenvalue weighted by atomic mass is 19.4. The van der Waals surface area contributed by atoms with Crippen LogP contribution in [-0.4, -0.2) is 42.4 Å². The maximum atomic E-state index is 13.6. The molecule has 0 aliphatic heterocycles. The third kappa shape index (κ3) is 5.70. The quantitative estimate of drug-likeness (QED) is 0.461. The van der Waals surface area contributed by atoms with E-state index in [1.54, 1.807) is 0 Å². The summed E-state index contributed by atoms with van der Waals surface area (Å²) < 4.78 is 47.0. The van der Waals surface area contributed by atoms with Gasteiger partial charge in [0.15, 0.2) is 0 Å². The summed E-state index contributed by atoms with van der Waals surface area (Å²) >= 11 is 0. The molecule has 0 aromatic heterocycles. The summed E-state index contributed by atoms with van der Waals surface area (Å²) in [5.41, 5.74) is 0.772. The van der Waals surface area contributed by atoms with Crippen LogP contribution in [0.25, 0.3) is 0 Å². The molecular weight excluding hydrogens is 463 g/mol. The maximum Gasteiger partial charge on any atom is 0.391 e. The van der Waals surface area contributed by atoms with Crippen LogP contribution in [0.1, 0.15) is 43.7 Å². The Bertz CT molecular complexity index is 1090. The van der Waals surface area contributed by atoms with Gasteiger partial charge in [-0.05, 0) is 68.6 Å². The minimum atomic E-state index is -4.30. The largest absolute Gasteiger partial charge is 0.489 e. The molecule has 2 aliphatic carbocycles. The average Bonchev–Trinajstić information content (AvgIpc) is 2.84. The van der Waals surface area contributed by atoms with Crippen LogP contribution in [0, 0.1) is 11.8 Å². The SMILES string of the molecule is CN(C)CC1C(C2(O)CCCC(C(F)(F)F)C2)=CC=CC1(C)c1cccc(OCc2ccccc2)c1. The van der Waals surface area contributed by atoms with Gasteiger partial charge in [0.2, 0.25) is 0 Å². The van der Waals surface area contributed by atoms with Gasteiger partial charge in [-0.25, -0.2) is 0 Å². The van der Waals surface area contributed by atoms with E-state index in [2.05, 4.69) is 13.0 Å². The summed E-state index contributed by atoms with van der Waals surface area (Å²) in [6.07, 6.45) is 2.05. The second-order valence-corrected chi connectivity index (χ2v) is 10.7. The first-order chi connectivity index (χ1) is 17.0. The molecule has 1 saturated carbocycles. The number of hydrogen-bond donors (Lipinski definition) is 1. The first-order valence-corrected chi connectivity index (χ1v) is 12.6. The van der Waals surface area contributed by atoms with E-state index >= 15 is 0 Å². The number of benzene rings is 2. The molecule has 0 spiro atoms. The highest BCUT2D eigenvalue weighted by molar-refractivity contribution is 5.45. The Hall–Kier alpha value is -2.57. The van der Waals surface area contributed by atoms with Crippen LogP contribution in [0.4, 0.5) is 13.2 Å². The third-order valence-electron chi connectivity index (χ3n) is 7.80. The lowest BCUT2D eigenvalue weighted by atomic mass is 9.60. The van der Waals surface area contributed by atoms with Crippen LogP contribution in [-0.2, 0) is 12.0 Å². The molecule has 2 aromatic carbocycles. The van der Waals surface area contributed by atoms with Crippen LogP contribution in [0.5, 0.6) is 5.75 Å². The van der Waals surface area contributed by atoms with Gasteiger partial charge in [0, 0.05) is 17.9 Å². The molecule has 4 atom stereocenters. The summed E-state index contributed by atoms with van der Waals surface area (Å²) in [6, 6.07) is 17.9. The molecule has 36 heavy (non-hydrogen) atoms. The van der Waals surface area contributed by atoms with Crippen LogP contribution in [0.15, 0.2) is 78.4 Å². The van der Waals surface area contributed by atoms with E-state index in [9.17, 15) is 18.3 Å². The minimum Gasteiger partial charge on any atom is -0.489 e. The highest BCUT2D eigenvalue weighted by Crippen LogP contribution is 2.51. The molecule has 4 unspecified atom stereocenters. The van der Waals surface area contributed by atoms with Crippen molar-refractivity contribution in [2.75, 3.05) is 20.6 Å². The Morgan fingerprint density at radius 2 is 1.83 bits per heavy atom. The first kappa shape index (κ1) is 26.5. The number of allylic oxidation sites excluding steroid dienone is 3. The monoisotopic (exact) mass is 499 g/mol. The van der Waals surface area contributed by atoms with Gasteiger partial charge in [-0.3, -0.25) is 0 Å². The lowest BCUT2D eigenvalue weighted by Crippen LogP contribution is -2.49. The topological polar surface area (TPSA) is 32.7 Å². The van der Waals surface area contributed by atoms with E-state index in [1.165, 1.54) is 0 Å². The number of ether oxygens (including phenoxy) is 1. The lowest BCUT2D eigenvalue weighted by molar-refractivity contribution is -0.197. The number of hydrogen-bond acceptors (Lipinski definition) is 3. The van der Waals surface area contributed by atoms with Crippen molar-refractivity contribution >= 4 is 0 Å². The predicted molar refractivity (Wildman–Crippen MR) is 137 cm³/mol. The molecule has 0 radical (unpaired) electrons. The van der Waals surface area contributed by atoms with Crippen molar-refractivity contribution in [2.24, 2.45) is 11.8 Å². The van der Waals surface area contributed by atoms with Gasteiger partial charge in [0.25, 0.3) is 0 Å². The molecule has 1 fully saturated rings. The van der Waals surface area contributed by atoms with Gasteiger partial charge in [0.05, 0.1) is 11.5 Å². The molecule has 0 bridgehead atoms. The summed E-state index contributed by atoms with van der Waals surface area (Å²) in [7, 11) is 3.92. The van der Waals surface area contributed by atoms with Crippen molar-refractivity contribution in [3.63, 3.8) is 0 Å². The summed E-state index contributed by atoms with van der Waals surface area (Å²) in [6.45, 7) is 3.15. The van der Waals surface area contributed by atoms with Crippen LogP contribution in [0.3, 0.4) is 0 Å². The zero-order valence-corrected chi connectivity index (χ0v) is 21.3. The molecule has 3 nitrogen and oxygen atoms in total. The number of alkyl halides is 3. The zero-order valence-electron chi connectivity index (χ0n) is 21.3. The van der Waals surface area contributed by atoms with Gasteiger partial charge >= 0.3 is 6.18 Å². The van der Waals surface area contributed by atoms with Gasteiger partial charge in [-0.15, -0.1) is 0 Å². The second-order valence-electron chi connectivity index (χ2n) is 10.7. The normalized spacial score (nSPS) is 28.7. The molecule has 0 heterocycles. The summed E-state index contributed by atoms with van der Waals surface area (Å²) in [5.74, 6) is -0.943. The highest BCUT2D eigenvalue weighted by Gasteiger charge is 2.52. The van der Waals surface area contributed by atoms with E-state index in [1.807, 2.05) is 85.7 Å². The van der Waals surface area contributed by atoms with Crippen molar-refractivity contribution in [1.82, 2.24) is 4.90 Å². The Labute approximate surface area is 212 Å².